The van der Waals surface area contributed by atoms with E-state index in [0.717, 1.165) is 37.9 Å². The molecule has 4 nitrogen and oxygen atoms in total. The molecule has 0 aromatic heterocycles. The lowest BCUT2D eigenvalue weighted by molar-refractivity contribution is 0.254. The van der Waals surface area contributed by atoms with Crippen LogP contribution in [-0.4, -0.2) is 50.6 Å². The summed E-state index contributed by atoms with van der Waals surface area (Å²) in [6, 6.07) is 0.575. The normalized spacial score (nSPS) is 17.2. The van der Waals surface area contributed by atoms with Crippen LogP contribution in [0.1, 0.15) is 26.7 Å². The zero-order valence-electron chi connectivity index (χ0n) is 11.5. The highest BCUT2D eigenvalue weighted by Gasteiger charge is 2.14. The van der Waals surface area contributed by atoms with Crippen molar-refractivity contribution >= 4 is 29.9 Å². The summed E-state index contributed by atoms with van der Waals surface area (Å²) in [6.45, 7) is 7.51. The molecule has 0 saturated heterocycles. The molecule has 0 fully saturated rings. The molecule has 1 aliphatic heterocycles. The molecule has 2 N–H and O–H groups in total. The minimum atomic E-state index is 0. The molecule has 1 atom stereocenters. The number of rotatable bonds is 5. The summed E-state index contributed by atoms with van der Waals surface area (Å²) in [7, 11) is 4.29. The zero-order valence-corrected chi connectivity index (χ0v) is 13.8. The highest BCUT2D eigenvalue weighted by Crippen LogP contribution is 2.08. The molecule has 0 spiro atoms. The summed E-state index contributed by atoms with van der Waals surface area (Å²) in [5.74, 6) is 1.71. The molecule has 17 heavy (non-hydrogen) atoms. The van der Waals surface area contributed by atoms with Crippen LogP contribution in [0, 0.1) is 5.92 Å². The zero-order chi connectivity index (χ0) is 12.0. The number of halogens is 1. The van der Waals surface area contributed by atoms with Gasteiger partial charge in [-0.1, -0.05) is 13.8 Å². The van der Waals surface area contributed by atoms with Crippen molar-refractivity contribution in [1.29, 1.82) is 0 Å². The number of nitrogens with zero attached hydrogens (tertiary/aromatic N) is 2. The molecule has 1 aliphatic rings. The van der Waals surface area contributed by atoms with Crippen molar-refractivity contribution in [2.75, 3.05) is 33.7 Å². The lowest BCUT2D eigenvalue weighted by Gasteiger charge is -2.27. The minimum Gasteiger partial charge on any atom is -0.356 e. The number of aliphatic imine (C=N–C) groups is 1. The number of likely N-dealkylation sites (N-methyl/N-ethyl adjacent to an activating group) is 1. The van der Waals surface area contributed by atoms with Gasteiger partial charge in [0, 0.05) is 25.7 Å². The third kappa shape index (κ3) is 7.08. The highest BCUT2D eigenvalue weighted by atomic mass is 127. The summed E-state index contributed by atoms with van der Waals surface area (Å²) in [4.78, 5) is 6.70. The topological polar surface area (TPSA) is 39.7 Å². The van der Waals surface area contributed by atoms with Crippen LogP contribution in [0.15, 0.2) is 4.99 Å². The van der Waals surface area contributed by atoms with Gasteiger partial charge in [0.1, 0.15) is 0 Å². The van der Waals surface area contributed by atoms with E-state index < -0.39 is 0 Å². The Bertz CT molecular complexity index is 229. The van der Waals surface area contributed by atoms with Gasteiger partial charge in [-0.3, -0.25) is 4.99 Å². The fourth-order valence-electron chi connectivity index (χ4n) is 1.89. The molecule has 5 heteroatoms. The van der Waals surface area contributed by atoms with E-state index in [0.29, 0.717) is 6.04 Å². The van der Waals surface area contributed by atoms with E-state index in [2.05, 4.69) is 48.5 Å². The SMILES string of the molecule is CC(C)CC(CNC1=NCCCN1)N(C)C.I. The predicted molar refractivity (Wildman–Crippen MR) is 85.3 cm³/mol. The average Bonchev–Trinajstić information content (AvgIpc) is 2.25. The Hall–Kier alpha value is -0.0400. The van der Waals surface area contributed by atoms with Gasteiger partial charge in [-0.05, 0) is 32.9 Å². The van der Waals surface area contributed by atoms with Gasteiger partial charge in [-0.2, -0.15) is 0 Å². The smallest absolute Gasteiger partial charge is 0.191 e. The molecule has 0 bridgehead atoms. The Balaban J connectivity index is 0.00000256. The number of hydrogen-bond acceptors (Lipinski definition) is 4. The summed E-state index contributed by atoms with van der Waals surface area (Å²) >= 11 is 0. The van der Waals surface area contributed by atoms with E-state index in [1.807, 2.05) is 0 Å². The lowest BCUT2D eigenvalue weighted by Crippen LogP contribution is -2.47. The first-order valence-corrected chi connectivity index (χ1v) is 6.28. The van der Waals surface area contributed by atoms with E-state index >= 15 is 0 Å². The van der Waals surface area contributed by atoms with Gasteiger partial charge in [-0.15, -0.1) is 24.0 Å². The Morgan fingerprint density at radius 2 is 2.12 bits per heavy atom. The largest absolute Gasteiger partial charge is 0.356 e. The van der Waals surface area contributed by atoms with Crippen molar-refractivity contribution in [3.63, 3.8) is 0 Å². The molecule has 1 rings (SSSR count). The van der Waals surface area contributed by atoms with Crippen molar-refractivity contribution in [3.05, 3.63) is 0 Å². The minimum absolute atomic E-state index is 0. The number of nitrogens with one attached hydrogen (secondary N) is 2. The Labute approximate surface area is 123 Å². The molecule has 0 saturated carbocycles. The molecular weight excluding hydrogens is 327 g/mol. The average molecular weight is 354 g/mol. The van der Waals surface area contributed by atoms with Crippen LogP contribution in [0.25, 0.3) is 0 Å². The van der Waals surface area contributed by atoms with Crippen LogP contribution in [0.2, 0.25) is 0 Å². The molecule has 0 amide bonds. The van der Waals surface area contributed by atoms with E-state index in [4.69, 9.17) is 0 Å². The van der Waals surface area contributed by atoms with Crippen LogP contribution in [0.3, 0.4) is 0 Å². The second-order valence-electron chi connectivity index (χ2n) is 5.14. The third-order valence-electron chi connectivity index (χ3n) is 2.88. The number of guanidine groups is 1. The fourth-order valence-corrected chi connectivity index (χ4v) is 1.89. The first kappa shape index (κ1) is 17.0. The predicted octanol–water partition coefficient (Wildman–Crippen LogP) is 1.52. The van der Waals surface area contributed by atoms with Crippen LogP contribution < -0.4 is 10.6 Å². The second kappa shape index (κ2) is 8.97. The van der Waals surface area contributed by atoms with Gasteiger partial charge in [-0.25, -0.2) is 0 Å². The summed E-state index contributed by atoms with van der Waals surface area (Å²) in [6.07, 6.45) is 2.36. The lowest BCUT2D eigenvalue weighted by atomic mass is 10.0. The Morgan fingerprint density at radius 1 is 1.41 bits per heavy atom. The molecule has 0 aliphatic carbocycles. The van der Waals surface area contributed by atoms with Crippen molar-refractivity contribution in [2.45, 2.75) is 32.7 Å². The Kier molecular flexibility index (Phi) is 8.94. The second-order valence-corrected chi connectivity index (χ2v) is 5.14. The first-order valence-electron chi connectivity index (χ1n) is 6.28. The maximum Gasteiger partial charge on any atom is 0.191 e. The number of hydrogen-bond donors (Lipinski definition) is 2. The Morgan fingerprint density at radius 3 is 2.59 bits per heavy atom. The quantitative estimate of drug-likeness (QED) is 0.736. The monoisotopic (exact) mass is 354 g/mol. The molecule has 102 valence electrons. The van der Waals surface area contributed by atoms with E-state index in [9.17, 15) is 0 Å². The van der Waals surface area contributed by atoms with Crippen molar-refractivity contribution in [1.82, 2.24) is 15.5 Å². The maximum atomic E-state index is 4.42. The fraction of sp³-hybridized carbons (Fsp3) is 0.917. The van der Waals surface area contributed by atoms with Crippen LogP contribution in [0.4, 0.5) is 0 Å². The molecule has 1 unspecified atom stereocenters. The van der Waals surface area contributed by atoms with Crippen LogP contribution in [-0.2, 0) is 0 Å². The molecule has 0 aromatic rings. The van der Waals surface area contributed by atoms with Gasteiger partial charge in [0.05, 0.1) is 0 Å². The van der Waals surface area contributed by atoms with Crippen molar-refractivity contribution in [3.8, 4) is 0 Å². The molecule has 0 radical (unpaired) electrons. The third-order valence-corrected chi connectivity index (χ3v) is 2.88. The highest BCUT2D eigenvalue weighted by molar-refractivity contribution is 14.0. The van der Waals surface area contributed by atoms with Crippen LogP contribution >= 0.6 is 24.0 Å². The maximum absolute atomic E-state index is 4.42. The summed E-state index contributed by atoms with van der Waals surface area (Å²) in [5.41, 5.74) is 0. The molecule has 0 aromatic carbocycles. The van der Waals surface area contributed by atoms with Crippen LogP contribution in [0.5, 0.6) is 0 Å². The van der Waals surface area contributed by atoms with Crippen molar-refractivity contribution in [2.24, 2.45) is 10.9 Å². The van der Waals surface area contributed by atoms with Gasteiger partial charge in [0.25, 0.3) is 0 Å². The van der Waals surface area contributed by atoms with Crippen molar-refractivity contribution < 1.29 is 0 Å². The van der Waals surface area contributed by atoms with Gasteiger partial charge < -0.3 is 15.5 Å². The first-order chi connectivity index (χ1) is 7.59. The summed E-state index contributed by atoms with van der Waals surface area (Å²) < 4.78 is 0. The van der Waals surface area contributed by atoms with E-state index in [-0.39, 0.29) is 24.0 Å². The van der Waals surface area contributed by atoms with E-state index in [1.165, 1.54) is 6.42 Å². The summed E-state index contributed by atoms with van der Waals surface area (Å²) in [5, 5.41) is 6.69. The standard InChI is InChI=1S/C12H26N4.HI/c1-10(2)8-11(16(3)4)9-15-12-13-6-5-7-14-12;/h10-11H,5-9H2,1-4H3,(H2,13,14,15);1H. The van der Waals surface area contributed by atoms with E-state index in [1.54, 1.807) is 0 Å². The molecule has 1 heterocycles. The molecular formula is C12H27IN4. The van der Waals surface area contributed by atoms with Gasteiger partial charge >= 0.3 is 0 Å². The van der Waals surface area contributed by atoms with Gasteiger partial charge in [0.2, 0.25) is 0 Å². The van der Waals surface area contributed by atoms with Gasteiger partial charge in [0.15, 0.2) is 5.96 Å².